The number of nitrogens with zero attached hydrogens (tertiary/aromatic N) is 6. The largest absolute Gasteiger partial charge is 0.508 e. The first-order valence-corrected chi connectivity index (χ1v) is 22.9. The number of para-hydroxylation sites is 1. The summed E-state index contributed by atoms with van der Waals surface area (Å²) in [5.74, 6) is -0.472. The third-order valence-electron chi connectivity index (χ3n) is 11.8. The molecule has 0 aliphatic heterocycles. The maximum atomic E-state index is 14.1. The first-order chi connectivity index (χ1) is 33.4. The topological polar surface area (TPSA) is 178 Å². The highest BCUT2D eigenvalue weighted by molar-refractivity contribution is 6.03. The molecule has 15 heteroatoms. The Bertz CT molecular complexity index is 2780. The van der Waals surface area contributed by atoms with Gasteiger partial charge in [0.15, 0.2) is 5.82 Å². The van der Waals surface area contributed by atoms with Gasteiger partial charge in [0.05, 0.1) is 17.0 Å². The van der Waals surface area contributed by atoms with Crippen molar-refractivity contribution in [2.75, 3.05) is 18.1 Å². The zero-order chi connectivity index (χ0) is 48.4. The lowest BCUT2D eigenvalue weighted by Gasteiger charge is -2.36. The minimum absolute atomic E-state index is 0.218. The zero-order valence-electron chi connectivity index (χ0n) is 38.6. The van der Waals surface area contributed by atoms with Gasteiger partial charge in [0.25, 0.3) is 5.69 Å². The van der Waals surface area contributed by atoms with Crippen LogP contribution in [0.4, 0.5) is 21.0 Å². The molecular weight excluding hydrogens is 877 g/mol. The fourth-order valence-electron chi connectivity index (χ4n) is 8.76. The van der Waals surface area contributed by atoms with Gasteiger partial charge in [0.2, 0.25) is 0 Å². The molecule has 69 heavy (non-hydrogen) atoms. The number of nitro groups is 1. The number of rotatable bonds is 15. The molecule has 1 aliphatic carbocycles. The van der Waals surface area contributed by atoms with Gasteiger partial charge in [-0.15, -0.1) is 5.10 Å². The van der Waals surface area contributed by atoms with Crippen LogP contribution in [-0.4, -0.2) is 68.3 Å². The maximum Gasteiger partial charge on any atom is 0.508 e. The second kappa shape index (κ2) is 21.2. The average molecular weight is 929 g/mol. The van der Waals surface area contributed by atoms with Crippen molar-refractivity contribution in [1.82, 2.24) is 20.2 Å². The molecular formula is C54H52N6O9. The standard InChI is InChI=1S/C54H52N6O9/c1-53(2,3)69-51(62)58(48-46(29-18-30-47(48)60(64)65)50(61)66-35-36-67-52(63)68-43-25-14-7-15-26-43)37-38-31-33-39(34-32-38)44-27-16-17-28-45(44)49-55-56-57-59(49)54(40-19-8-4-9-20-40,41-21-10-5-11-22-41)42-23-12-6-13-24-42/h4-6,8-13,16-24,27-34,43H,7,14-15,25-26,35-37H2,1-3H3. The van der Waals surface area contributed by atoms with E-state index in [1.165, 1.54) is 18.2 Å². The number of benzene rings is 6. The molecule has 1 fully saturated rings. The lowest BCUT2D eigenvalue weighted by atomic mass is 9.77. The monoisotopic (exact) mass is 928 g/mol. The lowest BCUT2D eigenvalue weighted by molar-refractivity contribution is -0.384. The number of anilines is 1. The van der Waals surface area contributed by atoms with Crippen molar-refractivity contribution in [3.63, 3.8) is 0 Å². The SMILES string of the molecule is CC(C)(C)OC(=O)N(Cc1ccc(-c2ccccc2-c2nnnn2C(c2ccccc2)(c2ccccc2)c2ccccc2)cc1)c1c(C(=O)OCCOC(=O)OC2CCCCC2)cccc1[N+](=O)[O-]. The minimum atomic E-state index is -1.01. The summed E-state index contributed by atoms with van der Waals surface area (Å²) in [6.45, 7) is 4.10. The Labute approximate surface area is 399 Å². The van der Waals surface area contributed by atoms with E-state index in [4.69, 9.17) is 24.2 Å². The van der Waals surface area contributed by atoms with E-state index in [0.717, 1.165) is 70.4 Å². The molecule has 0 unspecified atom stereocenters. The molecule has 1 aliphatic rings. The number of carbonyl (C=O) groups excluding carboxylic acids is 3. The molecule has 15 nitrogen and oxygen atoms in total. The third-order valence-corrected chi connectivity index (χ3v) is 11.8. The lowest BCUT2D eigenvalue weighted by Crippen LogP contribution is -2.39. The number of carbonyl (C=O) groups is 3. The van der Waals surface area contributed by atoms with E-state index in [9.17, 15) is 24.5 Å². The van der Waals surface area contributed by atoms with Crippen molar-refractivity contribution in [3.8, 4) is 22.5 Å². The van der Waals surface area contributed by atoms with E-state index >= 15 is 0 Å². The molecule has 1 aromatic heterocycles. The van der Waals surface area contributed by atoms with E-state index in [1.54, 1.807) is 32.9 Å². The van der Waals surface area contributed by atoms with Crippen LogP contribution in [0.25, 0.3) is 22.5 Å². The third kappa shape index (κ3) is 10.7. The molecule has 1 amide bonds. The fourth-order valence-corrected chi connectivity index (χ4v) is 8.76. The Morgan fingerprint density at radius 2 is 1.26 bits per heavy atom. The Balaban J connectivity index is 1.12. The quantitative estimate of drug-likeness (QED) is 0.0238. The predicted octanol–water partition coefficient (Wildman–Crippen LogP) is 11.3. The Morgan fingerprint density at radius 3 is 1.84 bits per heavy atom. The average Bonchev–Trinajstić information content (AvgIpc) is 3.85. The number of tetrazole rings is 1. The molecule has 0 spiro atoms. The molecule has 6 aromatic carbocycles. The second-order valence-electron chi connectivity index (χ2n) is 17.6. The Hall–Kier alpha value is -8.20. The van der Waals surface area contributed by atoms with Gasteiger partial charge in [-0.05, 0) is 96.3 Å². The highest BCUT2D eigenvalue weighted by atomic mass is 16.7. The number of ether oxygens (including phenoxy) is 4. The van der Waals surface area contributed by atoms with Gasteiger partial charge < -0.3 is 18.9 Å². The van der Waals surface area contributed by atoms with Crippen LogP contribution in [0.3, 0.4) is 0 Å². The zero-order valence-corrected chi connectivity index (χ0v) is 38.6. The van der Waals surface area contributed by atoms with Crippen molar-refractivity contribution in [1.29, 1.82) is 0 Å². The molecule has 0 atom stereocenters. The highest BCUT2D eigenvalue weighted by Gasteiger charge is 2.42. The summed E-state index contributed by atoms with van der Waals surface area (Å²) < 4.78 is 23.6. The van der Waals surface area contributed by atoms with Crippen LogP contribution in [-0.2, 0) is 31.0 Å². The summed E-state index contributed by atoms with van der Waals surface area (Å²) in [4.78, 5) is 53.1. The summed E-state index contributed by atoms with van der Waals surface area (Å²) in [5.41, 5.74) is 2.63. The molecule has 352 valence electrons. The van der Waals surface area contributed by atoms with Gasteiger partial charge in [-0.1, -0.05) is 152 Å². The molecule has 7 aromatic rings. The van der Waals surface area contributed by atoms with Crippen LogP contribution in [0.15, 0.2) is 158 Å². The van der Waals surface area contributed by atoms with E-state index in [1.807, 2.05) is 95.7 Å². The first kappa shape index (κ1) is 47.3. The smallest absolute Gasteiger partial charge is 0.458 e. The van der Waals surface area contributed by atoms with Gasteiger partial charge in [-0.2, -0.15) is 0 Å². The van der Waals surface area contributed by atoms with Crippen LogP contribution in [0.2, 0.25) is 0 Å². The van der Waals surface area contributed by atoms with Crippen molar-refractivity contribution >= 4 is 29.6 Å². The number of amides is 1. The van der Waals surface area contributed by atoms with E-state index in [2.05, 4.69) is 46.7 Å². The second-order valence-corrected chi connectivity index (χ2v) is 17.6. The van der Waals surface area contributed by atoms with Crippen molar-refractivity contribution in [3.05, 3.63) is 196 Å². The van der Waals surface area contributed by atoms with Gasteiger partial charge in [-0.25, -0.2) is 19.1 Å². The summed E-state index contributed by atoms with van der Waals surface area (Å²) >= 11 is 0. The predicted molar refractivity (Wildman–Crippen MR) is 258 cm³/mol. The Kier molecular flexibility index (Phi) is 14.5. The number of hydrogen-bond donors (Lipinski definition) is 0. The van der Waals surface area contributed by atoms with Gasteiger partial charge in [0, 0.05) is 11.6 Å². The summed E-state index contributed by atoms with van der Waals surface area (Å²) in [6, 6.07) is 49.3. The first-order valence-electron chi connectivity index (χ1n) is 22.9. The van der Waals surface area contributed by atoms with Crippen molar-refractivity contribution in [2.45, 2.75) is 76.7 Å². The summed E-state index contributed by atoms with van der Waals surface area (Å²) in [5, 5.41) is 26.3. The molecule has 0 radical (unpaired) electrons. The molecule has 0 bridgehead atoms. The van der Waals surface area contributed by atoms with Crippen molar-refractivity contribution in [2.24, 2.45) is 0 Å². The van der Waals surface area contributed by atoms with Crippen LogP contribution >= 0.6 is 0 Å². The number of nitro benzene ring substituents is 1. The molecule has 1 saturated carbocycles. The maximum absolute atomic E-state index is 14.1. The Morgan fingerprint density at radius 1 is 0.696 bits per heavy atom. The molecule has 1 heterocycles. The highest BCUT2D eigenvalue weighted by Crippen LogP contribution is 2.44. The molecule has 0 saturated heterocycles. The fraction of sp³-hybridized carbons (Fsp3) is 0.259. The number of esters is 1. The number of aromatic nitrogens is 4. The van der Waals surface area contributed by atoms with Crippen LogP contribution in [0.5, 0.6) is 0 Å². The van der Waals surface area contributed by atoms with Crippen molar-refractivity contribution < 1.29 is 38.3 Å². The normalized spacial score (nSPS) is 13.0. The molecule has 8 rings (SSSR count). The minimum Gasteiger partial charge on any atom is -0.458 e. The van der Waals surface area contributed by atoms with Gasteiger partial charge in [-0.3, -0.25) is 15.0 Å². The van der Waals surface area contributed by atoms with Gasteiger partial charge >= 0.3 is 18.2 Å². The van der Waals surface area contributed by atoms with Gasteiger partial charge in [0.1, 0.15) is 36.1 Å². The summed E-state index contributed by atoms with van der Waals surface area (Å²) in [6.07, 6.45) is 2.52. The van der Waals surface area contributed by atoms with E-state index in [0.29, 0.717) is 11.4 Å². The number of hydrogen-bond acceptors (Lipinski definition) is 12. The molecule has 0 N–H and O–H groups in total. The summed E-state index contributed by atoms with van der Waals surface area (Å²) in [7, 11) is 0. The van der Waals surface area contributed by atoms with Crippen LogP contribution in [0, 0.1) is 10.1 Å². The van der Waals surface area contributed by atoms with Crippen LogP contribution < -0.4 is 4.90 Å². The van der Waals surface area contributed by atoms with E-state index < -0.39 is 40.0 Å². The van der Waals surface area contributed by atoms with Crippen LogP contribution in [0.1, 0.15) is 85.5 Å². The van der Waals surface area contributed by atoms with E-state index in [-0.39, 0.29) is 37.1 Å².